The van der Waals surface area contributed by atoms with Gasteiger partial charge >= 0.3 is 0 Å². The number of likely N-dealkylation sites (tertiary alicyclic amines) is 1. The van der Waals surface area contributed by atoms with E-state index in [1.54, 1.807) is 0 Å². The third kappa shape index (κ3) is 5.05. The van der Waals surface area contributed by atoms with Crippen LogP contribution in [-0.2, 0) is 17.6 Å². The molecule has 140 valence electrons. The summed E-state index contributed by atoms with van der Waals surface area (Å²) in [5.74, 6) is 0.654. The van der Waals surface area contributed by atoms with E-state index >= 15 is 0 Å². The Bertz CT molecular complexity index is 755. The molecule has 1 unspecified atom stereocenters. The van der Waals surface area contributed by atoms with Crippen molar-refractivity contribution in [1.82, 2.24) is 19.9 Å². The summed E-state index contributed by atoms with van der Waals surface area (Å²) in [5.41, 5.74) is 0.830. The number of amides is 1. The second-order valence-electron chi connectivity index (χ2n) is 6.87. The quantitative estimate of drug-likeness (QED) is 0.810. The van der Waals surface area contributed by atoms with Gasteiger partial charge < -0.3 is 14.3 Å². The third-order valence-electron chi connectivity index (χ3n) is 4.98. The molecule has 1 saturated heterocycles. The van der Waals surface area contributed by atoms with Crippen molar-refractivity contribution >= 4 is 5.91 Å². The summed E-state index contributed by atoms with van der Waals surface area (Å²) in [6, 6.07) is 7.76. The molecule has 7 heteroatoms. The van der Waals surface area contributed by atoms with Gasteiger partial charge in [-0.25, -0.2) is 0 Å². The Kier molecular flexibility index (Phi) is 6.22. The molecule has 3 rings (SSSR count). The molecule has 1 atom stereocenters. The van der Waals surface area contributed by atoms with Crippen LogP contribution in [0.3, 0.4) is 0 Å². The fraction of sp³-hybridized carbons (Fsp3) is 0.526. The number of aryl methyl sites for hydroxylation is 1. The molecule has 3 heterocycles. The van der Waals surface area contributed by atoms with Gasteiger partial charge in [0.15, 0.2) is 0 Å². The van der Waals surface area contributed by atoms with Gasteiger partial charge in [0.1, 0.15) is 5.76 Å². The van der Waals surface area contributed by atoms with Gasteiger partial charge in [-0.15, -0.1) is 0 Å². The van der Waals surface area contributed by atoms with E-state index in [1.165, 1.54) is 6.07 Å². The summed E-state index contributed by atoms with van der Waals surface area (Å²) in [5, 5.41) is 2.25. The molecule has 0 spiro atoms. The number of hydrogen-bond donors (Lipinski definition) is 1. The number of piperidine rings is 1. The smallest absolute Gasteiger partial charge is 0.280 e. The molecule has 0 aliphatic carbocycles. The van der Waals surface area contributed by atoms with Crippen molar-refractivity contribution < 1.29 is 9.32 Å². The minimum Gasteiger partial charge on any atom is -0.384 e. The molecule has 1 aliphatic heterocycles. The Hall–Kier alpha value is -2.41. The van der Waals surface area contributed by atoms with Crippen LogP contribution in [0.4, 0.5) is 0 Å². The lowest BCUT2D eigenvalue weighted by molar-refractivity contribution is -0.133. The summed E-state index contributed by atoms with van der Waals surface area (Å²) in [7, 11) is 2.12. The first-order valence-electron chi connectivity index (χ1n) is 9.17. The number of carbonyl (C=O) groups is 1. The number of H-pyrrole nitrogens is 1. The molecule has 2 aromatic heterocycles. The SMILES string of the molecule is CN(CCc1ccccn1)C1CCCN(C(=O)CCc2cc(=O)[nH]o2)C1. The van der Waals surface area contributed by atoms with Crippen molar-refractivity contribution in [3.8, 4) is 0 Å². The lowest BCUT2D eigenvalue weighted by atomic mass is 10.0. The first-order chi connectivity index (χ1) is 12.6. The van der Waals surface area contributed by atoms with E-state index in [0.717, 1.165) is 44.6 Å². The van der Waals surface area contributed by atoms with Crippen LogP contribution in [0.5, 0.6) is 0 Å². The van der Waals surface area contributed by atoms with Crippen LogP contribution in [0.25, 0.3) is 0 Å². The Morgan fingerprint density at radius 3 is 3.04 bits per heavy atom. The van der Waals surface area contributed by atoms with Gasteiger partial charge in [0.05, 0.1) is 0 Å². The lowest BCUT2D eigenvalue weighted by Crippen LogP contribution is -2.49. The standard InChI is InChI=1S/C19H26N4O3/c1-22(12-9-15-5-2-3-10-20-15)16-6-4-11-23(14-16)19(25)8-7-17-13-18(24)21-26-17/h2-3,5,10,13,16H,4,6-9,11-12,14H2,1H3,(H,21,24). The second-order valence-corrected chi connectivity index (χ2v) is 6.87. The highest BCUT2D eigenvalue weighted by molar-refractivity contribution is 5.76. The fourth-order valence-electron chi connectivity index (χ4n) is 3.39. The predicted molar refractivity (Wildman–Crippen MR) is 97.8 cm³/mol. The second kappa shape index (κ2) is 8.80. The van der Waals surface area contributed by atoms with Gasteiger partial charge in [0.25, 0.3) is 5.56 Å². The highest BCUT2D eigenvalue weighted by atomic mass is 16.5. The van der Waals surface area contributed by atoms with Crippen LogP contribution >= 0.6 is 0 Å². The Morgan fingerprint density at radius 2 is 2.31 bits per heavy atom. The summed E-state index contributed by atoms with van der Waals surface area (Å²) < 4.78 is 5.01. The molecule has 1 fully saturated rings. The Labute approximate surface area is 153 Å². The van der Waals surface area contributed by atoms with Gasteiger partial charge in [-0.2, -0.15) is 5.16 Å². The zero-order chi connectivity index (χ0) is 18.4. The number of carbonyl (C=O) groups excluding carboxylic acids is 1. The molecule has 7 nitrogen and oxygen atoms in total. The highest BCUT2D eigenvalue weighted by Gasteiger charge is 2.26. The lowest BCUT2D eigenvalue weighted by Gasteiger charge is -2.37. The van der Waals surface area contributed by atoms with E-state index < -0.39 is 0 Å². The fourth-order valence-corrected chi connectivity index (χ4v) is 3.39. The average Bonchev–Trinajstić information content (AvgIpc) is 3.10. The van der Waals surface area contributed by atoms with Crippen LogP contribution in [0.2, 0.25) is 0 Å². The largest absolute Gasteiger partial charge is 0.384 e. The monoisotopic (exact) mass is 358 g/mol. The van der Waals surface area contributed by atoms with E-state index in [1.807, 2.05) is 29.3 Å². The average molecular weight is 358 g/mol. The van der Waals surface area contributed by atoms with Crippen molar-refractivity contribution in [2.75, 3.05) is 26.7 Å². The summed E-state index contributed by atoms with van der Waals surface area (Å²) >= 11 is 0. The first-order valence-corrected chi connectivity index (χ1v) is 9.17. The minimum absolute atomic E-state index is 0.122. The maximum Gasteiger partial charge on any atom is 0.280 e. The van der Waals surface area contributed by atoms with Crippen LogP contribution in [0.15, 0.2) is 39.8 Å². The van der Waals surface area contributed by atoms with Crippen molar-refractivity contribution in [2.24, 2.45) is 0 Å². The van der Waals surface area contributed by atoms with Crippen LogP contribution in [0, 0.1) is 0 Å². The molecule has 1 N–H and O–H groups in total. The van der Waals surface area contributed by atoms with E-state index in [9.17, 15) is 9.59 Å². The number of likely N-dealkylation sites (N-methyl/N-ethyl adjacent to an activating group) is 1. The number of nitrogens with zero attached hydrogens (tertiary/aromatic N) is 3. The molecular formula is C19H26N4O3. The molecule has 0 radical (unpaired) electrons. The van der Waals surface area contributed by atoms with Crippen LogP contribution < -0.4 is 5.56 Å². The number of pyridine rings is 1. The molecule has 1 amide bonds. The van der Waals surface area contributed by atoms with Gasteiger partial charge in [0, 0.05) is 62.9 Å². The third-order valence-corrected chi connectivity index (χ3v) is 4.98. The van der Waals surface area contributed by atoms with Gasteiger partial charge in [-0.3, -0.25) is 14.6 Å². The van der Waals surface area contributed by atoms with Crippen LogP contribution in [-0.4, -0.2) is 58.6 Å². The molecule has 0 aromatic carbocycles. The topological polar surface area (TPSA) is 82.4 Å². The normalized spacial score (nSPS) is 17.6. The van der Waals surface area contributed by atoms with Gasteiger partial charge in [0.2, 0.25) is 5.91 Å². The van der Waals surface area contributed by atoms with E-state index in [2.05, 4.69) is 22.1 Å². The maximum atomic E-state index is 12.5. The van der Waals surface area contributed by atoms with Gasteiger partial charge in [-0.05, 0) is 32.0 Å². The van der Waals surface area contributed by atoms with E-state index in [-0.39, 0.29) is 11.5 Å². The summed E-state index contributed by atoms with van der Waals surface area (Å²) in [4.78, 5) is 32.2. The number of aromatic amines is 1. The first kappa shape index (κ1) is 18.4. The summed E-state index contributed by atoms with van der Waals surface area (Å²) in [6.45, 7) is 2.49. The minimum atomic E-state index is -0.264. The number of nitrogens with one attached hydrogen (secondary N) is 1. The van der Waals surface area contributed by atoms with Crippen LogP contribution in [0.1, 0.15) is 30.7 Å². The highest BCUT2D eigenvalue weighted by Crippen LogP contribution is 2.16. The zero-order valence-corrected chi connectivity index (χ0v) is 15.2. The maximum absolute atomic E-state index is 12.5. The number of hydrogen-bond acceptors (Lipinski definition) is 5. The van der Waals surface area contributed by atoms with Gasteiger partial charge in [-0.1, -0.05) is 6.07 Å². The van der Waals surface area contributed by atoms with E-state index in [4.69, 9.17) is 4.52 Å². The van der Waals surface area contributed by atoms with Crippen molar-refractivity contribution in [3.05, 3.63) is 52.3 Å². The number of rotatable bonds is 7. The molecule has 1 aliphatic rings. The Balaban J connectivity index is 1.46. The molecular weight excluding hydrogens is 332 g/mol. The predicted octanol–water partition coefficient (Wildman–Crippen LogP) is 1.46. The summed E-state index contributed by atoms with van der Waals surface area (Å²) in [6.07, 6.45) is 5.68. The molecule has 26 heavy (non-hydrogen) atoms. The molecule has 0 saturated carbocycles. The zero-order valence-electron chi connectivity index (χ0n) is 15.2. The Morgan fingerprint density at radius 1 is 1.42 bits per heavy atom. The van der Waals surface area contributed by atoms with Crippen molar-refractivity contribution in [2.45, 2.75) is 38.1 Å². The molecule has 0 bridgehead atoms. The van der Waals surface area contributed by atoms with Crippen molar-refractivity contribution in [3.63, 3.8) is 0 Å². The molecule has 2 aromatic rings. The number of aromatic nitrogens is 2. The van der Waals surface area contributed by atoms with E-state index in [0.29, 0.717) is 24.6 Å². The van der Waals surface area contributed by atoms with Crippen molar-refractivity contribution in [1.29, 1.82) is 0 Å².